The molecular formula is C11H6F3N5O. The summed E-state index contributed by atoms with van der Waals surface area (Å²) in [5.41, 5.74) is -2.13. The van der Waals surface area contributed by atoms with E-state index in [4.69, 9.17) is 5.26 Å². The molecule has 2 aromatic heterocycles. The molecule has 0 bridgehead atoms. The largest absolute Gasteiger partial charge is 0.419 e. The second-order valence-electron chi connectivity index (χ2n) is 3.63. The van der Waals surface area contributed by atoms with Crippen LogP contribution in [0, 0.1) is 11.3 Å². The Morgan fingerprint density at radius 3 is 2.75 bits per heavy atom. The molecule has 0 aliphatic rings. The van der Waals surface area contributed by atoms with Gasteiger partial charge in [-0.15, -0.1) is 0 Å². The number of anilines is 1. The van der Waals surface area contributed by atoms with Crippen LogP contribution in [0.25, 0.3) is 0 Å². The van der Waals surface area contributed by atoms with Crippen LogP contribution in [0.15, 0.2) is 31.0 Å². The number of nitrogens with one attached hydrogen (secondary N) is 1. The maximum Gasteiger partial charge on any atom is 0.419 e. The standard InChI is InChI=1S/C11H6F3N5O/c12-11(13,14)8-3-7(5-17-9(8)4-15)18-10(20)19-2-1-16-6-19/h1-3,5-6H,(H,18,20). The van der Waals surface area contributed by atoms with Crippen LogP contribution in [0.2, 0.25) is 0 Å². The van der Waals surface area contributed by atoms with Gasteiger partial charge in [-0.05, 0) is 6.07 Å². The van der Waals surface area contributed by atoms with E-state index in [1.54, 1.807) is 0 Å². The molecule has 9 heteroatoms. The van der Waals surface area contributed by atoms with E-state index in [0.29, 0.717) is 6.07 Å². The molecule has 1 N–H and O–H groups in total. The number of carbonyl (C=O) groups excluding carboxylic acids is 1. The second-order valence-corrected chi connectivity index (χ2v) is 3.63. The number of hydrogen-bond donors (Lipinski definition) is 1. The summed E-state index contributed by atoms with van der Waals surface area (Å²) in [6.07, 6.45) is 0.113. The lowest BCUT2D eigenvalue weighted by Crippen LogP contribution is -2.19. The summed E-state index contributed by atoms with van der Waals surface area (Å²) in [6.45, 7) is 0. The topological polar surface area (TPSA) is 83.6 Å². The predicted octanol–water partition coefficient (Wildman–Crippen LogP) is 2.25. The average molecular weight is 281 g/mol. The van der Waals surface area contributed by atoms with Crippen LogP contribution in [0.1, 0.15) is 11.3 Å². The minimum Gasteiger partial charge on any atom is -0.306 e. The van der Waals surface area contributed by atoms with Crippen LogP contribution in [-0.2, 0) is 6.18 Å². The summed E-state index contributed by atoms with van der Waals surface area (Å²) in [7, 11) is 0. The highest BCUT2D eigenvalue weighted by molar-refractivity contribution is 5.90. The minimum atomic E-state index is -4.73. The fourth-order valence-corrected chi connectivity index (χ4v) is 1.41. The first-order valence-electron chi connectivity index (χ1n) is 5.18. The highest BCUT2D eigenvalue weighted by Crippen LogP contribution is 2.32. The Morgan fingerprint density at radius 2 is 2.20 bits per heavy atom. The summed E-state index contributed by atoms with van der Waals surface area (Å²) in [5.74, 6) is 0. The molecule has 20 heavy (non-hydrogen) atoms. The highest BCUT2D eigenvalue weighted by atomic mass is 19.4. The van der Waals surface area contributed by atoms with Crippen LogP contribution in [0.3, 0.4) is 0 Å². The van der Waals surface area contributed by atoms with Crippen LogP contribution in [-0.4, -0.2) is 20.6 Å². The number of nitrogens with zero attached hydrogens (tertiary/aromatic N) is 4. The van der Waals surface area contributed by atoms with Crippen molar-refractivity contribution >= 4 is 11.7 Å². The maximum absolute atomic E-state index is 12.7. The minimum absolute atomic E-state index is 0.171. The van der Waals surface area contributed by atoms with Crippen molar-refractivity contribution in [3.8, 4) is 6.07 Å². The molecule has 0 spiro atoms. The number of aromatic nitrogens is 3. The normalized spacial score (nSPS) is 10.9. The van der Waals surface area contributed by atoms with E-state index in [9.17, 15) is 18.0 Å². The number of nitriles is 1. The van der Waals surface area contributed by atoms with Crippen molar-refractivity contribution in [2.45, 2.75) is 6.18 Å². The van der Waals surface area contributed by atoms with Gasteiger partial charge in [0, 0.05) is 12.4 Å². The van der Waals surface area contributed by atoms with Gasteiger partial charge in [0.15, 0.2) is 5.69 Å². The summed E-state index contributed by atoms with van der Waals surface area (Å²) in [6, 6.07) is 1.31. The first-order chi connectivity index (χ1) is 9.41. The van der Waals surface area contributed by atoms with Crippen molar-refractivity contribution in [1.29, 1.82) is 5.26 Å². The molecule has 0 aliphatic heterocycles. The Labute approximate surface area is 110 Å². The van der Waals surface area contributed by atoms with Gasteiger partial charge in [-0.2, -0.15) is 18.4 Å². The number of pyridine rings is 1. The molecule has 0 saturated heterocycles. The van der Waals surface area contributed by atoms with Gasteiger partial charge in [0.1, 0.15) is 12.4 Å². The number of carbonyl (C=O) groups is 1. The van der Waals surface area contributed by atoms with Crippen molar-refractivity contribution < 1.29 is 18.0 Å². The van der Waals surface area contributed by atoms with Gasteiger partial charge in [0.25, 0.3) is 0 Å². The first-order valence-corrected chi connectivity index (χ1v) is 5.18. The molecule has 6 nitrogen and oxygen atoms in total. The molecule has 2 heterocycles. The SMILES string of the molecule is N#Cc1ncc(NC(=O)n2ccnc2)cc1C(F)(F)F. The van der Waals surface area contributed by atoms with Crippen LogP contribution in [0.5, 0.6) is 0 Å². The highest BCUT2D eigenvalue weighted by Gasteiger charge is 2.34. The number of alkyl halides is 3. The Hall–Kier alpha value is -2.89. The zero-order valence-electron chi connectivity index (χ0n) is 9.72. The molecule has 0 radical (unpaired) electrons. The van der Waals surface area contributed by atoms with E-state index < -0.39 is 23.5 Å². The van der Waals surface area contributed by atoms with Crippen molar-refractivity contribution in [3.05, 3.63) is 42.2 Å². The Balaban J connectivity index is 2.31. The maximum atomic E-state index is 12.7. The molecule has 0 fully saturated rings. The zero-order chi connectivity index (χ0) is 14.8. The predicted molar refractivity (Wildman–Crippen MR) is 60.6 cm³/mol. The van der Waals surface area contributed by atoms with E-state index in [1.165, 1.54) is 24.8 Å². The van der Waals surface area contributed by atoms with Crippen molar-refractivity contribution in [3.63, 3.8) is 0 Å². The van der Waals surface area contributed by atoms with Gasteiger partial charge in [0.05, 0.1) is 17.4 Å². The number of imidazole rings is 1. The molecule has 2 aromatic rings. The van der Waals surface area contributed by atoms with Gasteiger partial charge in [-0.3, -0.25) is 4.57 Å². The summed E-state index contributed by atoms with van der Waals surface area (Å²) < 4.78 is 39.2. The lowest BCUT2D eigenvalue weighted by molar-refractivity contribution is -0.138. The monoisotopic (exact) mass is 281 g/mol. The van der Waals surface area contributed by atoms with Gasteiger partial charge in [0.2, 0.25) is 0 Å². The van der Waals surface area contributed by atoms with Crippen LogP contribution < -0.4 is 5.32 Å². The van der Waals surface area contributed by atoms with Gasteiger partial charge in [-0.25, -0.2) is 14.8 Å². The van der Waals surface area contributed by atoms with E-state index in [-0.39, 0.29) is 5.69 Å². The quantitative estimate of drug-likeness (QED) is 0.868. The van der Waals surface area contributed by atoms with Crippen LogP contribution in [0.4, 0.5) is 23.7 Å². The van der Waals surface area contributed by atoms with E-state index in [1.807, 2.05) is 0 Å². The van der Waals surface area contributed by atoms with E-state index in [2.05, 4.69) is 15.3 Å². The molecule has 102 valence electrons. The van der Waals surface area contributed by atoms with Crippen molar-refractivity contribution in [2.75, 3.05) is 5.32 Å². The molecule has 1 amide bonds. The number of halogens is 3. The summed E-state index contributed by atoms with van der Waals surface area (Å²) in [4.78, 5) is 18.6. The third-order valence-corrected chi connectivity index (χ3v) is 2.29. The smallest absolute Gasteiger partial charge is 0.306 e. The Bertz CT molecular complexity index is 672. The lowest BCUT2D eigenvalue weighted by atomic mass is 10.2. The molecular weight excluding hydrogens is 275 g/mol. The van der Waals surface area contributed by atoms with E-state index in [0.717, 1.165) is 10.8 Å². The van der Waals surface area contributed by atoms with Crippen molar-refractivity contribution in [2.24, 2.45) is 0 Å². The first kappa shape index (κ1) is 13.5. The zero-order valence-corrected chi connectivity index (χ0v) is 9.72. The molecule has 2 rings (SSSR count). The molecule has 0 saturated carbocycles. The molecule has 0 aromatic carbocycles. The average Bonchev–Trinajstić information content (AvgIpc) is 2.91. The van der Waals surface area contributed by atoms with Crippen LogP contribution >= 0.6 is 0 Å². The summed E-state index contributed by atoms with van der Waals surface area (Å²) in [5, 5.41) is 10.8. The fourth-order valence-electron chi connectivity index (χ4n) is 1.41. The van der Waals surface area contributed by atoms with E-state index >= 15 is 0 Å². The number of hydrogen-bond acceptors (Lipinski definition) is 4. The molecule has 0 aliphatic carbocycles. The molecule has 0 atom stereocenters. The van der Waals surface area contributed by atoms with Gasteiger partial charge >= 0.3 is 12.2 Å². The van der Waals surface area contributed by atoms with Crippen molar-refractivity contribution in [1.82, 2.24) is 14.5 Å². The van der Waals surface area contributed by atoms with Gasteiger partial charge < -0.3 is 5.32 Å². The molecule has 0 unspecified atom stereocenters. The summed E-state index contributed by atoms with van der Waals surface area (Å²) >= 11 is 0. The fraction of sp³-hybridized carbons (Fsp3) is 0.0909. The third-order valence-electron chi connectivity index (χ3n) is 2.29. The Morgan fingerprint density at radius 1 is 1.45 bits per heavy atom. The third kappa shape index (κ3) is 2.74. The van der Waals surface area contributed by atoms with Gasteiger partial charge in [-0.1, -0.05) is 0 Å². The number of rotatable bonds is 1. The number of amides is 1. The Kier molecular flexibility index (Phi) is 3.39. The lowest BCUT2D eigenvalue weighted by Gasteiger charge is -2.10. The second kappa shape index (κ2) is 5.00.